The number of aromatic nitrogens is 3. The molecule has 0 spiro atoms. The quantitative estimate of drug-likeness (QED) is 0.428. The monoisotopic (exact) mass is 481 g/mol. The number of imidazole rings is 1. The summed E-state index contributed by atoms with van der Waals surface area (Å²) in [5.41, 5.74) is 1.76. The second-order valence-electron chi connectivity index (χ2n) is 6.14. The molecule has 0 saturated heterocycles. The molecule has 0 aliphatic heterocycles. The van der Waals surface area contributed by atoms with Crippen molar-refractivity contribution in [3.63, 3.8) is 0 Å². The average Bonchev–Trinajstić information content (AvgIpc) is 3.33. The Labute approximate surface area is 185 Å². The summed E-state index contributed by atoms with van der Waals surface area (Å²) in [7, 11) is -3.75. The second kappa shape index (κ2) is 8.23. The molecule has 0 aliphatic rings. The van der Waals surface area contributed by atoms with Crippen molar-refractivity contribution in [2.45, 2.75) is 11.4 Å². The van der Waals surface area contributed by atoms with Gasteiger partial charge < -0.3 is 9.88 Å². The summed E-state index contributed by atoms with van der Waals surface area (Å²) in [6.45, 7) is 0.000113. The summed E-state index contributed by atoms with van der Waals surface area (Å²) in [5, 5.41) is 5.43. The largest absolute Gasteiger partial charge is 0.325 e. The molecule has 154 valence electrons. The van der Waals surface area contributed by atoms with Crippen LogP contribution in [0.2, 0.25) is 10.0 Å². The smallest absolute Gasteiger partial charge is 0.263 e. The lowest BCUT2D eigenvalue weighted by Gasteiger charge is -2.09. The molecule has 2 aromatic heterocycles. The Hall–Kier alpha value is -2.66. The number of benzene rings is 2. The van der Waals surface area contributed by atoms with Gasteiger partial charge in [-0.2, -0.15) is 0 Å². The van der Waals surface area contributed by atoms with Crippen molar-refractivity contribution >= 4 is 72.3 Å². The number of hydrogen-bond acceptors (Lipinski definition) is 6. The Morgan fingerprint density at radius 1 is 1.10 bits per heavy atom. The van der Waals surface area contributed by atoms with Gasteiger partial charge in [0.05, 0.1) is 32.3 Å². The van der Waals surface area contributed by atoms with Crippen molar-refractivity contribution in [2.75, 3.05) is 10.0 Å². The molecule has 0 bridgehead atoms. The zero-order chi connectivity index (χ0) is 21.3. The molecule has 4 rings (SSSR count). The Balaban J connectivity index is 1.45. The highest BCUT2D eigenvalue weighted by Gasteiger charge is 2.16. The first kappa shape index (κ1) is 20.6. The van der Waals surface area contributed by atoms with E-state index in [-0.39, 0.29) is 22.5 Å². The first-order chi connectivity index (χ1) is 14.3. The summed E-state index contributed by atoms with van der Waals surface area (Å²) < 4.78 is 28.8. The molecule has 4 aromatic rings. The molecular weight excluding hydrogens is 469 g/mol. The Kier molecular flexibility index (Phi) is 5.65. The van der Waals surface area contributed by atoms with Crippen LogP contribution in [0.4, 0.5) is 10.8 Å². The third kappa shape index (κ3) is 4.41. The van der Waals surface area contributed by atoms with Gasteiger partial charge in [0.15, 0.2) is 5.13 Å². The summed E-state index contributed by atoms with van der Waals surface area (Å²) in [6, 6.07) is 9.11. The number of halogens is 2. The number of rotatable bonds is 6. The van der Waals surface area contributed by atoms with E-state index in [1.165, 1.54) is 48.1 Å². The highest BCUT2D eigenvalue weighted by molar-refractivity contribution is 7.93. The van der Waals surface area contributed by atoms with Gasteiger partial charge in [0, 0.05) is 17.3 Å². The highest BCUT2D eigenvalue weighted by Crippen LogP contribution is 2.27. The van der Waals surface area contributed by atoms with Gasteiger partial charge in [-0.1, -0.05) is 23.2 Å². The lowest BCUT2D eigenvalue weighted by molar-refractivity contribution is -0.116. The SMILES string of the molecule is O=C(Cn1cnc2cc(Cl)c(Cl)cc21)Nc1ccc(S(=O)(=O)Nc2nccs2)cc1. The molecule has 12 heteroatoms. The molecule has 0 unspecified atom stereocenters. The molecule has 0 atom stereocenters. The zero-order valence-corrected chi connectivity index (χ0v) is 18.2. The number of anilines is 2. The summed E-state index contributed by atoms with van der Waals surface area (Å²) in [6.07, 6.45) is 3.03. The molecule has 2 aromatic carbocycles. The number of nitrogens with zero attached hydrogens (tertiary/aromatic N) is 3. The molecule has 0 aliphatic carbocycles. The molecule has 8 nitrogen and oxygen atoms in total. The van der Waals surface area contributed by atoms with E-state index >= 15 is 0 Å². The van der Waals surface area contributed by atoms with Crippen LogP contribution in [0, 0.1) is 0 Å². The van der Waals surface area contributed by atoms with Gasteiger partial charge in [-0.3, -0.25) is 9.52 Å². The van der Waals surface area contributed by atoms with Crippen molar-refractivity contribution in [1.82, 2.24) is 14.5 Å². The van der Waals surface area contributed by atoms with Crippen LogP contribution < -0.4 is 10.0 Å². The summed E-state index contributed by atoms with van der Waals surface area (Å²) in [5.74, 6) is -0.308. The molecule has 2 heterocycles. The van der Waals surface area contributed by atoms with Crippen LogP contribution in [0.3, 0.4) is 0 Å². The van der Waals surface area contributed by atoms with Gasteiger partial charge >= 0.3 is 0 Å². The minimum absolute atomic E-state index is 0.000113. The van der Waals surface area contributed by atoms with E-state index in [9.17, 15) is 13.2 Å². The molecule has 30 heavy (non-hydrogen) atoms. The van der Waals surface area contributed by atoms with Crippen molar-refractivity contribution in [2.24, 2.45) is 0 Å². The Morgan fingerprint density at radius 2 is 1.83 bits per heavy atom. The topological polar surface area (TPSA) is 106 Å². The minimum Gasteiger partial charge on any atom is -0.325 e. The fourth-order valence-electron chi connectivity index (χ4n) is 2.70. The molecule has 2 N–H and O–H groups in total. The van der Waals surface area contributed by atoms with Crippen molar-refractivity contribution < 1.29 is 13.2 Å². The number of carbonyl (C=O) groups is 1. The molecule has 0 radical (unpaired) electrons. The fourth-order valence-corrected chi connectivity index (χ4v) is 4.80. The van der Waals surface area contributed by atoms with Crippen LogP contribution in [0.25, 0.3) is 11.0 Å². The predicted molar refractivity (Wildman–Crippen MR) is 118 cm³/mol. The highest BCUT2D eigenvalue weighted by atomic mass is 35.5. The number of fused-ring (bicyclic) bond motifs is 1. The first-order valence-electron chi connectivity index (χ1n) is 8.44. The van der Waals surface area contributed by atoms with Crippen molar-refractivity contribution in [3.05, 3.63) is 64.3 Å². The maximum Gasteiger partial charge on any atom is 0.263 e. The normalized spacial score (nSPS) is 11.5. The number of hydrogen-bond donors (Lipinski definition) is 2. The number of nitrogens with one attached hydrogen (secondary N) is 2. The maximum absolute atomic E-state index is 12.4. The predicted octanol–water partition coefficient (Wildman–Crippen LogP) is 4.24. The van der Waals surface area contributed by atoms with Gasteiger partial charge in [-0.15, -0.1) is 11.3 Å². The number of sulfonamides is 1. The number of carbonyl (C=O) groups excluding carboxylic acids is 1. The summed E-state index contributed by atoms with van der Waals surface area (Å²) >= 11 is 13.2. The Morgan fingerprint density at radius 3 is 2.53 bits per heavy atom. The number of amides is 1. The van der Waals surface area contributed by atoms with E-state index in [2.05, 4.69) is 20.0 Å². The fraction of sp³-hybridized carbons (Fsp3) is 0.0556. The van der Waals surface area contributed by atoms with Gasteiger partial charge in [0.25, 0.3) is 10.0 Å². The van der Waals surface area contributed by atoms with Crippen LogP contribution in [0.5, 0.6) is 0 Å². The average molecular weight is 482 g/mol. The standard InChI is InChI=1S/C18H13Cl2N5O3S2/c19-13-7-15-16(8-14(13)20)25(10-22-15)9-17(26)23-11-1-3-12(4-2-11)30(27,28)24-18-21-5-6-29-18/h1-8,10H,9H2,(H,21,24)(H,23,26). The van der Waals surface area contributed by atoms with E-state index in [4.69, 9.17) is 23.2 Å². The molecule has 0 fully saturated rings. The van der Waals surface area contributed by atoms with Crippen LogP contribution >= 0.6 is 34.5 Å². The van der Waals surface area contributed by atoms with E-state index in [0.717, 1.165) is 0 Å². The van der Waals surface area contributed by atoms with E-state index in [1.54, 1.807) is 22.1 Å². The first-order valence-corrected chi connectivity index (χ1v) is 11.6. The molecule has 0 saturated carbocycles. The lowest BCUT2D eigenvalue weighted by atomic mass is 10.3. The summed E-state index contributed by atoms with van der Waals surface area (Å²) in [4.78, 5) is 20.6. The van der Waals surface area contributed by atoms with Gasteiger partial charge in [0.1, 0.15) is 6.54 Å². The van der Waals surface area contributed by atoms with Gasteiger partial charge in [-0.05, 0) is 36.4 Å². The third-order valence-corrected chi connectivity index (χ3v) is 6.97. The van der Waals surface area contributed by atoms with Crippen LogP contribution in [0.15, 0.2) is 59.2 Å². The van der Waals surface area contributed by atoms with Crippen molar-refractivity contribution in [1.29, 1.82) is 0 Å². The zero-order valence-electron chi connectivity index (χ0n) is 15.0. The minimum atomic E-state index is -3.75. The van der Waals surface area contributed by atoms with Gasteiger partial charge in [0.2, 0.25) is 5.91 Å². The van der Waals surface area contributed by atoms with E-state index in [0.29, 0.717) is 26.8 Å². The van der Waals surface area contributed by atoms with E-state index < -0.39 is 10.0 Å². The number of thiazole rings is 1. The molecule has 1 amide bonds. The van der Waals surface area contributed by atoms with Crippen molar-refractivity contribution in [3.8, 4) is 0 Å². The third-order valence-electron chi connectivity index (χ3n) is 4.08. The van der Waals surface area contributed by atoms with Crippen LogP contribution in [-0.2, 0) is 21.4 Å². The van der Waals surface area contributed by atoms with Crippen LogP contribution in [-0.4, -0.2) is 28.9 Å². The Bertz CT molecular complexity index is 1320. The van der Waals surface area contributed by atoms with Crippen LogP contribution in [0.1, 0.15) is 0 Å². The second-order valence-corrected chi connectivity index (χ2v) is 9.53. The van der Waals surface area contributed by atoms with Gasteiger partial charge in [-0.25, -0.2) is 18.4 Å². The maximum atomic E-state index is 12.4. The lowest BCUT2D eigenvalue weighted by Crippen LogP contribution is -2.18. The molecular formula is C18H13Cl2N5O3S2. The van der Waals surface area contributed by atoms with E-state index in [1.807, 2.05) is 0 Å².